The first kappa shape index (κ1) is 66.9. The van der Waals surface area contributed by atoms with Gasteiger partial charge in [0, 0.05) is 31.0 Å². The van der Waals surface area contributed by atoms with Crippen LogP contribution in [0.5, 0.6) is 0 Å². The summed E-state index contributed by atoms with van der Waals surface area (Å²) in [5, 5.41) is 161. The molecule has 15 heterocycles. The number of ether oxygens (including phenoxy) is 14. The lowest BCUT2D eigenvalue weighted by atomic mass is 9.96. The molecule has 77 heavy (non-hydrogen) atoms. The minimum absolute atomic E-state index is 0.0801. The number of alkyl halides is 7. The van der Waals surface area contributed by atoms with E-state index in [1.54, 1.807) is 0 Å². The Kier molecular flexibility index (Phi) is 25.7. The average Bonchev–Trinajstić information content (AvgIpc) is 3.42. The molecule has 0 aromatic carbocycles. The monoisotopic (exact) mass is 1900 g/mol. The van der Waals surface area contributed by atoms with Gasteiger partial charge in [-0.05, 0) is 0 Å². The molecule has 28 nitrogen and oxygen atoms in total. The highest BCUT2D eigenvalue weighted by Crippen LogP contribution is 2.40. The van der Waals surface area contributed by atoms with E-state index in [9.17, 15) is 71.5 Å². The van der Waals surface area contributed by atoms with Gasteiger partial charge in [-0.1, -0.05) is 158 Å². The molecule has 35 heteroatoms. The molecule has 15 rings (SSSR count). The van der Waals surface area contributed by atoms with Crippen molar-refractivity contribution in [2.45, 2.75) is 215 Å². The van der Waals surface area contributed by atoms with E-state index in [1.807, 2.05) is 158 Å². The van der Waals surface area contributed by atoms with E-state index >= 15 is 0 Å². The number of hydrogen-bond acceptors (Lipinski definition) is 28. The fourth-order valence-corrected chi connectivity index (χ4v) is 15.2. The second-order valence-corrected chi connectivity index (χ2v) is 25.6. The molecule has 0 spiro atoms. The van der Waals surface area contributed by atoms with Gasteiger partial charge in [0.1, 0.15) is 128 Å². The Balaban J connectivity index is 1.08. The molecule has 15 aliphatic rings. The fraction of sp³-hybridized carbons (Fsp3) is 1.00. The zero-order valence-corrected chi connectivity index (χ0v) is 54.9. The van der Waals surface area contributed by atoms with E-state index < -0.39 is 215 Å². The summed E-state index contributed by atoms with van der Waals surface area (Å²) in [6.07, 6.45) is -55.6. The van der Waals surface area contributed by atoms with Gasteiger partial charge in [-0.3, -0.25) is 0 Å². The zero-order chi connectivity index (χ0) is 56.1. The van der Waals surface area contributed by atoms with Crippen molar-refractivity contribution in [3.63, 3.8) is 0 Å². The molecule has 0 aromatic rings. The molecule has 15 saturated heterocycles. The van der Waals surface area contributed by atoms with Crippen molar-refractivity contribution < 1.29 is 138 Å². The first-order chi connectivity index (χ1) is 36.7. The first-order valence-corrected chi connectivity index (χ1v) is 35.0. The van der Waals surface area contributed by atoms with Crippen LogP contribution in [-0.2, 0) is 66.3 Å². The van der Waals surface area contributed by atoms with Crippen molar-refractivity contribution in [2.75, 3.05) is 31.0 Å². The third-order valence-electron chi connectivity index (χ3n) is 14.6. The minimum atomic E-state index is -1.90. The molecule has 448 valence electrons. The summed E-state index contributed by atoms with van der Waals surface area (Å²) < 4.78 is 85.7. The maximum atomic E-state index is 11.6. The standard InChI is InChI=1S/C42H63I7O28/c43-1-8-29-15(50)22(57)36(64-8)72-30-9(2-44)66-38(24(59)17(30)52)74-32-11(4-46)68-40(26(61)19(32)54)76-34-13(6-48)70-42(28(63)21(34)56)77-35-14(7-49)69-41(27(62)20(35)55)75-33-12(5-47)67-39(25(60)18(33)53)73-31-10(3-45)65-37(71-29)23(58)16(31)51/h8-42,50-63H,1-7H2/t8-,9-,10-,11-,12-,13-,14-,15-,16-,17-,18-,19+,20+,21+,22-,23-,24-,25-,26+,27+,28+,29-,30-,31-,32-,33-,34-,35-,36-,37-,38-,39-,40-,41-,42-/m1/s1. The molecule has 14 bridgehead atoms. The first-order valence-electron chi connectivity index (χ1n) is 24.3. The van der Waals surface area contributed by atoms with Crippen LogP contribution in [-0.4, -0.2) is 317 Å². The van der Waals surface area contributed by atoms with E-state index in [4.69, 9.17) is 66.3 Å². The van der Waals surface area contributed by atoms with Crippen LogP contribution >= 0.6 is 158 Å². The molecule has 0 radical (unpaired) electrons. The number of aliphatic hydroxyl groups excluding tert-OH is 14. The highest BCUT2D eigenvalue weighted by Gasteiger charge is 2.59. The van der Waals surface area contributed by atoms with Crippen molar-refractivity contribution in [1.29, 1.82) is 0 Å². The average molecular weight is 1900 g/mol. The van der Waals surface area contributed by atoms with Gasteiger partial charge in [0.05, 0.1) is 42.7 Å². The molecule has 14 N–H and O–H groups in total. The number of aliphatic hydroxyl groups is 14. The Morgan fingerprint density at radius 1 is 0.169 bits per heavy atom. The van der Waals surface area contributed by atoms with Gasteiger partial charge in [0.25, 0.3) is 0 Å². The molecular weight excluding hydrogens is 1840 g/mol. The van der Waals surface area contributed by atoms with Gasteiger partial charge in [0.2, 0.25) is 0 Å². The summed E-state index contributed by atoms with van der Waals surface area (Å²) in [7, 11) is 0. The highest BCUT2D eigenvalue weighted by molar-refractivity contribution is 14.1. The van der Waals surface area contributed by atoms with E-state index in [2.05, 4.69) is 0 Å². The second-order valence-electron chi connectivity index (χ2n) is 19.5. The predicted octanol–water partition coefficient (Wildman–Crippen LogP) is -5.13. The largest absolute Gasteiger partial charge is 0.387 e. The normalized spacial score (nSPS) is 55.4. The van der Waals surface area contributed by atoms with Crippen molar-refractivity contribution in [3.05, 3.63) is 0 Å². The Morgan fingerprint density at radius 2 is 0.273 bits per heavy atom. The van der Waals surface area contributed by atoms with Gasteiger partial charge >= 0.3 is 0 Å². The van der Waals surface area contributed by atoms with Gasteiger partial charge in [-0.15, -0.1) is 0 Å². The minimum Gasteiger partial charge on any atom is -0.387 e. The highest BCUT2D eigenvalue weighted by atomic mass is 127. The van der Waals surface area contributed by atoms with Crippen molar-refractivity contribution in [1.82, 2.24) is 0 Å². The van der Waals surface area contributed by atoms with Gasteiger partial charge in [0.15, 0.2) is 44.0 Å². The molecule has 0 amide bonds. The molecule has 15 fully saturated rings. The summed E-state index contributed by atoms with van der Waals surface area (Å²) in [6.45, 7) is 0. The van der Waals surface area contributed by atoms with Crippen LogP contribution in [0.15, 0.2) is 0 Å². The Hall–Kier alpha value is 3.99. The predicted molar refractivity (Wildman–Crippen MR) is 311 cm³/mol. The molecule has 0 saturated carbocycles. The molecular formula is C42H63I7O28. The van der Waals surface area contributed by atoms with Gasteiger partial charge in [-0.2, -0.15) is 0 Å². The molecule has 0 aliphatic carbocycles. The molecule has 0 aromatic heterocycles. The van der Waals surface area contributed by atoms with Crippen LogP contribution in [0, 0.1) is 0 Å². The van der Waals surface area contributed by atoms with Crippen molar-refractivity contribution in [2.24, 2.45) is 0 Å². The maximum absolute atomic E-state index is 11.6. The third-order valence-corrected chi connectivity index (χ3v) is 20.7. The maximum Gasteiger partial charge on any atom is 0.187 e. The van der Waals surface area contributed by atoms with Crippen LogP contribution in [0.4, 0.5) is 0 Å². The number of fused-ring (bicyclic) bond motifs is 7. The van der Waals surface area contributed by atoms with E-state index in [-0.39, 0.29) is 31.0 Å². The lowest BCUT2D eigenvalue weighted by Gasteiger charge is -2.50. The van der Waals surface area contributed by atoms with Crippen LogP contribution in [0.3, 0.4) is 0 Å². The topological polar surface area (TPSA) is 412 Å². The summed E-state index contributed by atoms with van der Waals surface area (Å²) in [5.74, 6) is 0. The fourth-order valence-electron chi connectivity index (χ4n) is 10.3. The smallest absolute Gasteiger partial charge is 0.187 e. The van der Waals surface area contributed by atoms with E-state index in [0.717, 1.165) is 0 Å². The second kappa shape index (κ2) is 29.5. The van der Waals surface area contributed by atoms with E-state index in [0.29, 0.717) is 0 Å². The number of rotatable bonds is 7. The molecule has 0 unspecified atom stereocenters. The summed E-state index contributed by atoms with van der Waals surface area (Å²) in [6, 6.07) is 0. The summed E-state index contributed by atoms with van der Waals surface area (Å²) >= 11 is 13.5. The number of hydrogen-bond donors (Lipinski definition) is 14. The lowest BCUT2D eigenvalue weighted by Crippen LogP contribution is -2.68. The summed E-state index contributed by atoms with van der Waals surface area (Å²) in [5.41, 5.74) is 0. The van der Waals surface area contributed by atoms with Crippen LogP contribution in [0.25, 0.3) is 0 Å². The zero-order valence-electron chi connectivity index (χ0n) is 39.8. The molecule has 15 aliphatic heterocycles. The Labute approximate surface area is 535 Å². The van der Waals surface area contributed by atoms with Crippen molar-refractivity contribution in [3.8, 4) is 0 Å². The Morgan fingerprint density at radius 3 is 0.364 bits per heavy atom. The van der Waals surface area contributed by atoms with Crippen LogP contribution in [0.2, 0.25) is 0 Å². The van der Waals surface area contributed by atoms with Gasteiger partial charge < -0.3 is 138 Å². The SMILES string of the molecule is O[C@@H]1[C@H]2O[C@H]3[C@H](O)[C@@H](O)[C@@H](O[C@H]4[C@H](O)[C@@H](O)[C@@H](O[C@H]5[C@H](O)[C@@H](O)[C@@H](O[C@H]6[C@H](O)[C@@H](O)[C@@H](O[C@H]7[C@@H](O)[C@H](O)[C@@H](O[C@H]8[C@@H](O)[C@H](O)[C@@H](O[C@@H]([C@H]1O)[C@@H](CI)O2)O[C@@H]8CI)O[C@@H]7CI)O[C@@H]6CI)O[C@@H]5CI)O[C@@H]4CI)O[C@@H]3CI. The van der Waals surface area contributed by atoms with Gasteiger partial charge in [-0.25, -0.2) is 0 Å². The Bertz CT molecular complexity index is 1490. The van der Waals surface area contributed by atoms with Crippen LogP contribution < -0.4 is 0 Å². The summed E-state index contributed by atoms with van der Waals surface area (Å²) in [4.78, 5) is 0. The quantitative estimate of drug-likeness (QED) is 0.0837. The number of halogens is 7. The molecule has 35 atom stereocenters. The van der Waals surface area contributed by atoms with Crippen molar-refractivity contribution >= 4 is 158 Å². The lowest BCUT2D eigenvalue weighted by molar-refractivity contribution is -0.388. The van der Waals surface area contributed by atoms with Crippen LogP contribution in [0.1, 0.15) is 0 Å². The van der Waals surface area contributed by atoms with E-state index in [1.165, 1.54) is 0 Å². The third kappa shape index (κ3) is 14.1.